The smallest absolute Gasteiger partial charge is 0.247 e. The monoisotopic (exact) mass is 372 g/mol. The molecule has 0 aromatic heterocycles. The van der Waals surface area contributed by atoms with Crippen molar-refractivity contribution in [3.63, 3.8) is 0 Å². The summed E-state index contributed by atoms with van der Waals surface area (Å²) in [5, 5.41) is 16.4. The van der Waals surface area contributed by atoms with Gasteiger partial charge in [-0.3, -0.25) is 9.59 Å². The van der Waals surface area contributed by atoms with E-state index in [1.54, 1.807) is 12.1 Å². The summed E-state index contributed by atoms with van der Waals surface area (Å²) in [6.07, 6.45) is 4.72. The van der Waals surface area contributed by atoms with Gasteiger partial charge in [0.2, 0.25) is 11.8 Å². The van der Waals surface area contributed by atoms with Gasteiger partial charge in [-0.05, 0) is 54.7 Å². The highest BCUT2D eigenvalue weighted by molar-refractivity contribution is 5.99. The average molecular weight is 373 g/mol. The van der Waals surface area contributed by atoms with Crippen LogP contribution in [-0.4, -0.2) is 29.1 Å². The van der Waals surface area contributed by atoms with Crippen molar-refractivity contribution in [2.45, 2.75) is 58.5 Å². The molecule has 1 aromatic rings. The van der Waals surface area contributed by atoms with Crippen LogP contribution in [0.2, 0.25) is 0 Å². The summed E-state index contributed by atoms with van der Waals surface area (Å²) < 4.78 is 0. The lowest BCUT2D eigenvalue weighted by Crippen LogP contribution is -2.46. The maximum Gasteiger partial charge on any atom is 0.247 e. The van der Waals surface area contributed by atoms with Crippen LogP contribution in [0.5, 0.6) is 0 Å². The molecule has 27 heavy (non-hydrogen) atoms. The molecule has 0 bridgehead atoms. The summed E-state index contributed by atoms with van der Waals surface area (Å²) in [5.74, 6) is 0.128. The summed E-state index contributed by atoms with van der Waals surface area (Å²) >= 11 is 0. The minimum Gasteiger partial charge on any atom is -0.388 e. The number of benzene rings is 1. The van der Waals surface area contributed by atoms with E-state index in [2.05, 4.69) is 38.0 Å². The van der Waals surface area contributed by atoms with E-state index >= 15 is 0 Å². The fraction of sp³-hybridized carbons (Fsp3) is 0.545. The van der Waals surface area contributed by atoms with E-state index in [-0.39, 0.29) is 30.2 Å². The highest BCUT2D eigenvalue weighted by Gasteiger charge is 2.37. The van der Waals surface area contributed by atoms with Crippen LogP contribution in [-0.2, 0) is 16.0 Å². The third-order valence-corrected chi connectivity index (χ3v) is 5.57. The second-order valence-corrected chi connectivity index (χ2v) is 8.67. The van der Waals surface area contributed by atoms with Gasteiger partial charge in [-0.1, -0.05) is 45.5 Å². The zero-order chi connectivity index (χ0) is 20.1. The Kier molecular flexibility index (Phi) is 6.82. The Labute approximate surface area is 162 Å². The van der Waals surface area contributed by atoms with Crippen molar-refractivity contribution >= 4 is 17.5 Å². The quantitative estimate of drug-likeness (QED) is 0.670. The number of aliphatic hydroxyl groups is 1. The zero-order valence-corrected chi connectivity index (χ0v) is 16.7. The normalized spacial score (nSPS) is 22.7. The lowest BCUT2D eigenvalue weighted by Gasteiger charge is -2.41. The summed E-state index contributed by atoms with van der Waals surface area (Å²) in [6.45, 7) is 10.4. The summed E-state index contributed by atoms with van der Waals surface area (Å²) in [4.78, 5) is 23.9. The van der Waals surface area contributed by atoms with E-state index in [9.17, 15) is 14.7 Å². The van der Waals surface area contributed by atoms with Crippen LogP contribution in [0.3, 0.4) is 0 Å². The first-order valence-corrected chi connectivity index (χ1v) is 9.63. The Balaban J connectivity index is 1.88. The molecule has 1 saturated carbocycles. The molecule has 0 saturated heterocycles. The molecule has 2 rings (SSSR count). The number of anilines is 1. The predicted octanol–water partition coefficient (Wildman–Crippen LogP) is 3.44. The largest absolute Gasteiger partial charge is 0.388 e. The van der Waals surface area contributed by atoms with Gasteiger partial charge in [0.05, 0.1) is 12.0 Å². The van der Waals surface area contributed by atoms with Crippen LogP contribution in [0, 0.1) is 11.3 Å². The molecular formula is C22H32N2O3. The molecule has 148 valence electrons. The van der Waals surface area contributed by atoms with E-state index in [0.29, 0.717) is 24.4 Å². The Morgan fingerprint density at radius 3 is 2.48 bits per heavy atom. The Hall–Kier alpha value is -2.14. The van der Waals surface area contributed by atoms with Gasteiger partial charge in [0.25, 0.3) is 0 Å². The highest BCUT2D eigenvalue weighted by atomic mass is 16.3. The van der Waals surface area contributed by atoms with Crippen LogP contribution in [0.4, 0.5) is 5.69 Å². The molecule has 0 spiro atoms. The molecule has 1 aromatic carbocycles. The Morgan fingerprint density at radius 1 is 1.26 bits per heavy atom. The molecule has 1 fully saturated rings. The van der Waals surface area contributed by atoms with E-state index < -0.39 is 5.60 Å². The lowest BCUT2D eigenvalue weighted by atomic mass is 9.68. The molecule has 2 amide bonds. The number of carbonyl (C=O) groups excluding carboxylic acids is 2. The van der Waals surface area contributed by atoms with E-state index in [1.165, 1.54) is 6.08 Å². The number of para-hydroxylation sites is 1. The van der Waals surface area contributed by atoms with Crippen molar-refractivity contribution in [1.82, 2.24) is 5.32 Å². The fourth-order valence-electron chi connectivity index (χ4n) is 3.68. The molecule has 5 nitrogen and oxygen atoms in total. The van der Waals surface area contributed by atoms with Crippen LogP contribution in [0.1, 0.15) is 52.0 Å². The number of hydrogen-bond acceptors (Lipinski definition) is 3. The first-order chi connectivity index (χ1) is 12.6. The minimum absolute atomic E-state index is 0.147. The molecule has 0 heterocycles. The van der Waals surface area contributed by atoms with Crippen LogP contribution >= 0.6 is 0 Å². The zero-order valence-electron chi connectivity index (χ0n) is 16.7. The number of amides is 2. The van der Waals surface area contributed by atoms with E-state index in [0.717, 1.165) is 18.4 Å². The molecule has 1 aliphatic rings. The van der Waals surface area contributed by atoms with Crippen molar-refractivity contribution in [1.29, 1.82) is 0 Å². The summed E-state index contributed by atoms with van der Waals surface area (Å²) in [7, 11) is 0. The average Bonchev–Trinajstić information content (AvgIpc) is 2.61. The van der Waals surface area contributed by atoms with Gasteiger partial charge in [-0.15, -0.1) is 0 Å². The SMILES string of the molecule is C=CC(=O)Nc1ccccc1CC(=O)NCC1(O)CCC(C(C)(C)C)CC1. The van der Waals surface area contributed by atoms with Crippen molar-refractivity contribution in [3.8, 4) is 0 Å². The minimum atomic E-state index is -0.825. The third kappa shape index (κ3) is 6.21. The van der Waals surface area contributed by atoms with Gasteiger partial charge in [0.15, 0.2) is 0 Å². The first-order valence-electron chi connectivity index (χ1n) is 9.63. The van der Waals surface area contributed by atoms with Crippen LogP contribution < -0.4 is 10.6 Å². The predicted molar refractivity (Wildman–Crippen MR) is 108 cm³/mol. The van der Waals surface area contributed by atoms with E-state index in [4.69, 9.17) is 0 Å². The second-order valence-electron chi connectivity index (χ2n) is 8.67. The van der Waals surface area contributed by atoms with Gasteiger partial charge in [0, 0.05) is 12.2 Å². The first kappa shape index (κ1) is 21.2. The van der Waals surface area contributed by atoms with Gasteiger partial charge in [-0.25, -0.2) is 0 Å². The van der Waals surface area contributed by atoms with Gasteiger partial charge in [0.1, 0.15) is 0 Å². The van der Waals surface area contributed by atoms with Crippen molar-refractivity contribution in [3.05, 3.63) is 42.5 Å². The number of carbonyl (C=O) groups is 2. The molecular weight excluding hydrogens is 340 g/mol. The van der Waals surface area contributed by atoms with Gasteiger partial charge >= 0.3 is 0 Å². The number of hydrogen-bond donors (Lipinski definition) is 3. The van der Waals surface area contributed by atoms with Crippen LogP contribution in [0.25, 0.3) is 0 Å². The summed E-state index contributed by atoms with van der Waals surface area (Å²) in [6, 6.07) is 7.19. The maximum atomic E-state index is 12.4. The molecule has 0 atom stereocenters. The van der Waals surface area contributed by atoms with Gasteiger partial charge in [-0.2, -0.15) is 0 Å². The second kappa shape index (κ2) is 8.70. The van der Waals surface area contributed by atoms with E-state index in [1.807, 2.05) is 12.1 Å². The third-order valence-electron chi connectivity index (χ3n) is 5.57. The molecule has 1 aliphatic carbocycles. The molecule has 0 unspecified atom stereocenters. The lowest BCUT2D eigenvalue weighted by molar-refractivity contribution is -0.122. The topological polar surface area (TPSA) is 78.4 Å². The highest BCUT2D eigenvalue weighted by Crippen LogP contribution is 2.41. The number of nitrogens with one attached hydrogen (secondary N) is 2. The van der Waals surface area contributed by atoms with Gasteiger partial charge < -0.3 is 15.7 Å². The summed E-state index contributed by atoms with van der Waals surface area (Å²) in [5.41, 5.74) is 0.758. The molecule has 3 N–H and O–H groups in total. The molecule has 0 radical (unpaired) electrons. The standard InChI is InChI=1S/C22H32N2O3/c1-5-19(25)24-18-9-7-6-8-16(18)14-20(26)23-15-22(27)12-10-17(11-13-22)21(2,3)4/h5-9,17,27H,1,10-15H2,2-4H3,(H,23,26)(H,24,25). The fourth-order valence-corrected chi connectivity index (χ4v) is 3.68. The Morgan fingerprint density at radius 2 is 1.89 bits per heavy atom. The van der Waals surface area contributed by atoms with Crippen molar-refractivity contribution in [2.75, 3.05) is 11.9 Å². The van der Waals surface area contributed by atoms with Crippen molar-refractivity contribution in [2.24, 2.45) is 11.3 Å². The van der Waals surface area contributed by atoms with Crippen LogP contribution in [0.15, 0.2) is 36.9 Å². The molecule has 0 aliphatic heterocycles. The maximum absolute atomic E-state index is 12.4. The number of rotatable bonds is 6. The van der Waals surface area contributed by atoms with Crippen molar-refractivity contribution < 1.29 is 14.7 Å². The molecule has 5 heteroatoms. The Bertz CT molecular complexity index is 683.